The Balaban J connectivity index is 0. The van der Waals surface area contributed by atoms with Gasteiger partial charge in [-0.1, -0.05) is 38.7 Å². The van der Waals surface area contributed by atoms with Crippen molar-refractivity contribution in [2.45, 2.75) is 20.8 Å². The Morgan fingerprint density at radius 1 is 1.33 bits per heavy atom. The predicted octanol–water partition coefficient (Wildman–Crippen LogP) is 2.79. The van der Waals surface area contributed by atoms with E-state index in [-0.39, 0.29) is 5.57 Å². The summed E-state index contributed by atoms with van der Waals surface area (Å²) in [4.78, 5) is 10.1. The van der Waals surface area contributed by atoms with Crippen LogP contribution in [-0.2, 0) is 4.79 Å². The first-order valence-corrected chi connectivity index (χ1v) is 3.90. The van der Waals surface area contributed by atoms with Crippen LogP contribution in [0.25, 0.3) is 0 Å². The van der Waals surface area contributed by atoms with Crippen LogP contribution in [0.2, 0.25) is 0 Å². The number of rotatable bonds is 3. The van der Waals surface area contributed by atoms with Crippen LogP contribution in [0.4, 0.5) is 0 Å². The van der Waals surface area contributed by atoms with E-state index in [9.17, 15) is 4.79 Å². The summed E-state index contributed by atoms with van der Waals surface area (Å²) in [6.45, 7) is 9.16. The van der Waals surface area contributed by atoms with E-state index in [0.717, 1.165) is 0 Å². The molecule has 2 nitrogen and oxygen atoms in total. The molecule has 0 aliphatic carbocycles. The van der Waals surface area contributed by atoms with Gasteiger partial charge in [0, 0.05) is 0 Å². The molecule has 0 saturated heterocycles. The molecular formula is C10H16O2. The fraction of sp³-hybridized carbons (Fsp3) is 0.300. The van der Waals surface area contributed by atoms with Crippen molar-refractivity contribution >= 4 is 5.97 Å². The lowest BCUT2D eigenvalue weighted by Crippen LogP contribution is -1.94. The predicted molar refractivity (Wildman–Crippen MR) is 52.1 cm³/mol. The van der Waals surface area contributed by atoms with Gasteiger partial charge >= 0.3 is 5.97 Å². The third-order valence-corrected chi connectivity index (χ3v) is 0.876. The average Bonchev–Trinajstić information content (AvgIpc) is 2.08. The van der Waals surface area contributed by atoms with Gasteiger partial charge < -0.3 is 5.11 Å². The van der Waals surface area contributed by atoms with Crippen LogP contribution in [-0.4, -0.2) is 11.1 Å². The molecule has 0 bridgehead atoms. The molecule has 0 aromatic carbocycles. The van der Waals surface area contributed by atoms with Gasteiger partial charge in [0.1, 0.15) is 0 Å². The Kier molecular flexibility index (Phi) is 10.7. The SMILES string of the molecule is C=C(/C=C\C=C/C)C(=O)O.CC. The maximum atomic E-state index is 10.1. The topological polar surface area (TPSA) is 37.3 Å². The Morgan fingerprint density at radius 2 is 1.83 bits per heavy atom. The van der Waals surface area contributed by atoms with E-state index in [0.29, 0.717) is 0 Å². The maximum absolute atomic E-state index is 10.1. The maximum Gasteiger partial charge on any atom is 0.335 e. The molecule has 68 valence electrons. The van der Waals surface area contributed by atoms with Crippen molar-refractivity contribution < 1.29 is 9.90 Å². The van der Waals surface area contributed by atoms with Gasteiger partial charge in [0.2, 0.25) is 0 Å². The van der Waals surface area contributed by atoms with Crippen molar-refractivity contribution in [2.24, 2.45) is 0 Å². The molecule has 0 amide bonds. The normalized spacial score (nSPS) is 9.58. The van der Waals surface area contributed by atoms with E-state index in [1.54, 1.807) is 12.2 Å². The Labute approximate surface area is 73.9 Å². The van der Waals surface area contributed by atoms with E-state index >= 15 is 0 Å². The van der Waals surface area contributed by atoms with Crippen LogP contribution in [0.5, 0.6) is 0 Å². The zero-order valence-electron chi connectivity index (χ0n) is 7.87. The molecular weight excluding hydrogens is 152 g/mol. The highest BCUT2D eigenvalue weighted by Gasteiger charge is 1.95. The highest BCUT2D eigenvalue weighted by molar-refractivity contribution is 5.88. The summed E-state index contributed by atoms with van der Waals surface area (Å²) in [7, 11) is 0. The highest BCUT2D eigenvalue weighted by Crippen LogP contribution is 1.91. The second kappa shape index (κ2) is 9.69. The number of carbonyl (C=O) groups is 1. The average molecular weight is 168 g/mol. The minimum atomic E-state index is -0.985. The van der Waals surface area contributed by atoms with Gasteiger partial charge in [0.05, 0.1) is 5.57 Å². The minimum absolute atomic E-state index is 0.0955. The smallest absolute Gasteiger partial charge is 0.335 e. The monoisotopic (exact) mass is 168 g/mol. The molecule has 12 heavy (non-hydrogen) atoms. The van der Waals surface area contributed by atoms with Crippen molar-refractivity contribution in [2.75, 3.05) is 0 Å². The van der Waals surface area contributed by atoms with Crippen LogP contribution in [0, 0.1) is 0 Å². The minimum Gasteiger partial charge on any atom is -0.478 e. The Bertz CT molecular complexity index is 188. The standard InChI is InChI=1S/C8H10O2.C2H6/c1-3-4-5-6-7(2)8(9)10;1-2/h3-6H,2H2,1H3,(H,9,10);1-2H3/b4-3-,6-5-;. The lowest BCUT2D eigenvalue weighted by atomic mass is 10.3. The fourth-order valence-corrected chi connectivity index (χ4v) is 0.354. The molecule has 0 unspecified atom stereocenters. The van der Waals surface area contributed by atoms with Gasteiger partial charge in [-0.25, -0.2) is 4.79 Å². The summed E-state index contributed by atoms with van der Waals surface area (Å²) in [5.41, 5.74) is 0.0955. The zero-order chi connectivity index (χ0) is 9.98. The largest absolute Gasteiger partial charge is 0.478 e. The highest BCUT2D eigenvalue weighted by atomic mass is 16.4. The lowest BCUT2D eigenvalue weighted by Gasteiger charge is -1.85. The van der Waals surface area contributed by atoms with E-state index in [1.807, 2.05) is 26.8 Å². The second-order valence-corrected chi connectivity index (χ2v) is 1.72. The summed E-state index contributed by atoms with van der Waals surface area (Å²) in [6.07, 6.45) is 6.64. The third kappa shape index (κ3) is 8.69. The molecule has 0 spiro atoms. The first-order valence-electron chi connectivity index (χ1n) is 3.90. The van der Waals surface area contributed by atoms with Gasteiger partial charge in [0.25, 0.3) is 0 Å². The first kappa shape index (κ1) is 13.3. The molecule has 0 aliphatic rings. The number of hydrogen-bond donors (Lipinski definition) is 1. The van der Waals surface area contributed by atoms with E-state index in [2.05, 4.69) is 6.58 Å². The molecule has 0 aliphatic heterocycles. The molecule has 0 radical (unpaired) electrons. The molecule has 2 heteroatoms. The Hall–Kier alpha value is -1.31. The fourth-order valence-electron chi connectivity index (χ4n) is 0.354. The van der Waals surface area contributed by atoms with E-state index < -0.39 is 5.97 Å². The molecule has 0 saturated carbocycles. The molecule has 0 rings (SSSR count). The van der Waals surface area contributed by atoms with Gasteiger partial charge in [-0.2, -0.15) is 0 Å². The van der Waals surface area contributed by atoms with E-state index in [4.69, 9.17) is 5.11 Å². The van der Waals surface area contributed by atoms with Crippen LogP contribution >= 0.6 is 0 Å². The van der Waals surface area contributed by atoms with Gasteiger partial charge in [-0.15, -0.1) is 0 Å². The van der Waals surface area contributed by atoms with Crippen LogP contribution in [0.15, 0.2) is 36.5 Å². The van der Waals surface area contributed by atoms with Crippen molar-refractivity contribution in [3.05, 3.63) is 36.5 Å². The number of allylic oxidation sites excluding steroid dienone is 3. The molecule has 0 aromatic rings. The summed E-state index contributed by atoms with van der Waals surface area (Å²) < 4.78 is 0. The molecule has 0 heterocycles. The van der Waals surface area contributed by atoms with Crippen molar-refractivity contribution in [3.63, 3.8) is 0 Å². The molecule has 1 N–H and O–H groups in total. The number of hydrogen-bond acceptors (Lipinski definition) is 1. The van der Waals surface area contributed by atoms with Crippen LogP contribution < -0.4 is 0 Å². The van der Waals surface area contributed by atoms with Gasteiger partial charge in [-0.05, 0) is 13.0 Å². The van der Waals surface area contributed by atoms with Gasteiger partial charge in [-0.3, -0.25) is 0 Å². The first-order chi connectivity index (χ1) is 5.68. The Morgan fingerprint density at radius 3 is 2.17 bits per heavy atom. The summed E-state index contributed by atoms with van der Waals surface area (Å²) >= 11 is 0. The summed E-state index contributed by atoms with van der Waals surface area (Å²) in [6, 6.07) is 0. The molecule has 0 fully saturated rings. The number of aliphatic carboxylic acids is 1. The number of carboxylic acids is 1. The van der Waals surface area contributed by atoms with Crippen molar-refractivity contribution in [1.29, 1.82) is 0 Å². The molecule has 0 aromatic heterocycles. The zero-order valence-corrected chi connectivity index (χ0v) is 7.87. The molecule has 0 atom stereocenters. The summed E-state index contributed by atoms with van der Waals surface area (Å²) in [5, 5.41) is 8.31. The van der Waals surface area contributed by atoms with Crippen LogP contribution in [0.3, 0.4) is 0 Å². The summed E-state index contributed by atoms with van der Waals surface area (Å²) in [5.74, 6) is -0.985. The number of carboxylic acid groups (broad SMARTS) is 1. The third-order valence-electron chi connectivity index (χ3n) is 0.876. The van der Waals surface area contributed by atoms with E-state index in [1.165, 1.54) is 6.08 Å². The van der Waals surface area contributed by atoms with Crippen LogP contribution in [0.1, 0.15) is 20.8 Å². The van der Waals surface area contributed by atoms with Gasteiger partial charge in [0.15, 0.2) is 0 Å². The lowest BCUT2D eigenvalue weighted by molar-refractivity contribution is -0.132. The quantitative estimate of drug-likeness (QED) is 0.519. The van der Waals surface area contributed by atoms with Crippen molar-refractivity contribution in [3.8, 4) is 0 Å². The van der Waals surface area contributed by atoms with Crippen molar-refractivity contribution in [1.82, 2.24) is 0 Å². The second-order valence-electron chi connectivity index (χ2n) is 1.72.